The van der Waals surface area contributed by atoms with Crippen molar-refractivity contribution in [3.63, 3.8) is 0 Å². The Morgan fingerprint density at radius 3 is 2.39 bits per heavy atom. The average Bonchev–Trinajstić information content (AvgIpc) is 3.08. The summed E-state index contributed by atoms with van der Waals surface area (Å²) in [6.45, 7) is 0.550. The Balaban J connectivity index is 1.47. The molecule has 2 aromatic rings. The van der Waals surface area contributed by atoms with Crippen molar-refractivity contribution in [1.29, 1.82) is 0 Å². The van der Waals surface area contributed by atoms with Gasteiger partial charge in [0.1, 0.15) is 12.4 Å². The Bertz CT molecular complexity index is 616. The normalized spacial score (nSPS) is 14.6. The van der Waals surface area contributed by atoms with Gasteiger partial charge in [-0.3, -0.25) is 4.79 Å². The van der Waals surface area contributed by atoms with Crippen LogP contribution in [0.5, 0.6) is 5.75 Å². The summed E-state index contributed by atoms with van der Waals surface area (Å²) in [4.78, 5) is 12.0. The molecule has 0 saturated heterocycles. The number of anilines is 1. The minimum atomic E-state index is 0.120. The molecule has 1 aliphatic carbocycles. The molecule has 23 heavy (non-hydrogen) atoms. The Kier molecular flexibility index (Phi) is 5.30. The summed E-state index contributed by atoms with van der Waals surface area (Å²) < 4.78 is 5.75. The van der Waals surface area contributed by atoms with Crippen LogP contribution >= 0.6 is 0 Å². The molecule has 0 aliphatic heterocycles. The van der Waals surface area contributed by atoms with Gasteiger partial charge in [-0.05, 0) is 48.6 Å². The predicted molar refractivity (Wildman–Crippen MR) is 92.4 cm³/mol. The van der Waals surface area contributed by atoms with Gasteiger partial charge in [-0.1, -0.05) is 43.2 Å². The second-order valence-corrected chi connectivity index (χ2v) is 6.20. The number of carbonyl (C=O) groups is 1. The Labute approximate surface area is 137 Å². The largest absolute Gasteiger partial charge is 0.489 e. The lowest BCUT2D eigenvalue weighted by Crippen LogP contribution is -2.15. The topological polar surface area (TPSA) is 38.3 Å². The molecule has 0 bridgehead atoms. The van der Waals surface area contributed by atoms with Crippen LogP contribution in [0.15, 0.2) is 54.6 Å². The first kappa shape index (κ1) is 15.6. The average molecular weight is 309 g/mol. The maximum Gasteiger partial charge on any atom is 0.224 e. The Morgan fingerprint density at radius 2 is 1.70 bits per heavy atom. The van der Waals surface area contributed by atoms with E-state index < -0.39 is 0 Å². The zero-order valence-corrected chi connectivity index (χ0v) is 13.3. The lowest BCUT2D eigenvalue weighted by molar-refractivity contribution is -0.117. The fourth-order valence-corrected chi connectivity index (χ4v) is 3.06. The number of rotatable bonds is 6. The highest BCUT2D eigenvalue weighted by Crippen LogP contribution is 2.28. The van der Waals surface area contributed by atoms with Crippen LogP contribution in [0.4, 0.5) is 5.69 Å². The Hall–Kier alpha value is -2.29. The van der Waals surface area contributed by atoms with Gasteiger partial charge in [0.05, 0.1) is 0 Å². The molecule has 1 fully saturated rings. The third-order valence-electron chi connectivity index (χ3n) is 4.34. The van der Waals surface area contributed by atoms with Crippen LogP contribution in [0.2, 0.25) is 0 Å². The molecule has 0 heterocycles. The maximum absolute atomic E-state index is 12.0. The first-order valence-corrected chi connectivity index (χ1v) is 8.36. The second kappa shape index (κ2) is 7.82. The number of hydrogen-bond acceptors (Lipinski definition) is 2. The Morgan fingerprint density at radius 1 is 1.00 bits per heavy atom. The fourth-order valence-electron chi connectivity index (χ4n) is 3.06. The highest BCUT2D eigenvalue weighted by molar-refractivity contribution is 5.90. The van der Waals surface area contributed by atoms with Crippen molar-refractivity contribution in [3.05, 3.63) is 60.2 Å². The molecule has 0 spiro atoms. The molecule has 3 heteroatoms. The van der Waals surface area contributed by atoms with Crippen LogP contribution in [0, 0.1) is 5.92 Å². The maximum atomic E-state index is 12.0. The molecule has 1 amide bonds. The first-order valence-electron chi connectivity index (χ1n) is 8.36. The van der Waals surface area contributed by atoms with Gasteiger partial charge in [0.15, 0.2) is 0 Å². The molecule has 1 aliphatic rings. The SMILES string of the molecule is O=C(CC1CCCC1)Nc1ccc(OCc2ccccc2)cc1. The zero-order valence-electron chi connectivity index (χ0n) is 13.3. The van der Waals surface area contributed by atoms with Crippen LogP contribution < -0.4 is 10.1 Å². The van der Waals surface area contributed by atoms with Crippen molar-refractivity contribution in [2.24, 2.45) is 5.92 Å². The molecule has 1 saturated carbocycles. The van der Waals surface area contributed by atoms with Crippen molar-refractivity contribution in [2.75, 3.05) is 5.32 Å². The van der Waals surface area contributed by atoms with Crippen LogP contribution in [-0.4, -0.2) is 5.91 Å². The monoisotopic (exact) mass is 309 g/mol. The summed E-state index contributed by atoms with van der Waals surface area (Å²) in [5, 5.41) is 2.98. The van der Waals surface area contributed by atoms with Crippen molar-refractivity contribution < 1.29 is 9.53 Å². The van der Waals surface area contributed by atoms with Crippen molar-refractivity contribution in [2.45, 2.75) is 38.7 Å². The van der Waals surface area contributed by atoms with Gasteiger partial charge < -0.3 is 10.1 Å². The van der Waals surface area contributed by atoms with E-state index in [0.717, 1.165) is 17.0 Å². The third kappa shape index (κ3) is 4.85. The van der Waals surface area contributed by atoms with Gasteiger partial charge in [0.2, 0.25) is 5.91 Å². The minimum Gasteiger partial charge on any atom is -0.489 e. The highest BCUT2D eigenvalue weighted by Gasteiger charge is 2.18. The highest BCUT2D eigenvalue weighted by atomic mass is 16.5. The summed E-state index contributed by atoms with van der Waals surface area (Å²) >= 11 is 0. The molecular formula is C20H23NO2. The van der Waals surface area contributed by atoms with Crippen molar-refractivity contribution >= 4 is 11.6 Å². The summed E-state index contributed by atoms with van der Waals surface area (Å²) in [6, 6.07) is 17.7. The standard InChI is InChI=1S/C20H23NO2/c22-20(14-16-6-4-5-7-16)21-18-10-12-19(13-11-18)23-15-17-8-2-1-3-9-17/h1-3,8-13,16H,4-7,14-15H2,(H,21,22). The van der Waals surface area contributed by atoms with E-state index in [9.17, 15) is 4.79 Å². The van der Waals surface area contributed by atoms with Crippen molar-refractivity contribution in [1.82, 2.24) is 0 Å². The van der Waals surface area contributed by atoms with Crippen LogP contribution in [0.3, 0.4) is 0 Å². The van der Waals surface area contributed by atoms with Gasteiger partial charge in [0.25, 0.3) is 0 Å². The molecule has 120 valence electrons. The number of hydrogen-bond donors (Lipinski definition) is 1. The van der Waals surface area contributed by atoms with Gasteiger partial charge in [-0.25, -0.2) is 0 Å². The minimum absolute atomic E-state index is 0.120. The van der Waals surface area contributed by atoms with Gasteiger partial charge in [0, 0.05) is 12.1 Å². The summed E-state index contributed by atoms with van der Waals surface area (Å²) in [5.41, 5.74) is 1.97. The van der Waals surface area contributed by atoms with Crippen LogP contribution in [0.1, 0.15) is 37.7 Å². The lowest BCUT2D eigenvalue weighted by atomic mass is 10.0. The number of ether oxygens (including phenoxy) is 1. The van der Waals surface area contributed by atoms with E-state index in [-0.39, 0.29) is 5.91 Å². The molecule has 2 aromatic carbocycles. The molecule has 0 unspecified atom stereocenters. The summed E-state index contributed by atoms with van der Waals surface area (Å²) in [5.74, 6) is 1.50. The van der Waals surface area contributed by atoms with E-state index in [2.05, 4.69) is 5.32 Å². The van der Waals surface area contributed by atoms with Gasteiger partial charge in [-0.15, -0.1) is 0 Å². The number of nitrogens with one attached hydrogen (secondary N) is 1. The number of carbonyl (C=O) groups excluding carboxylic acids is 1. The van der Waals surface area contributed by atoms with Crippen LogP contribution in [-0.2, 0) is 11.4 Å². The first-order chi connectivity index (χ1) is 11.3. The molecule has 0 atom stereocenters. The second-order valence-electron chi connectivity index (χ2n) is 6.20. The summed E-state index contributed by atoms with van der Waals surface area (Å²) in [6.07, 6.45) is 5.57. The van der Waals surface area contributed by atoms with E-state index in [1.54, 1.807) is 0 Å². The van der Waals surface area contributed by atoms with E-state index in [1.165, 1.54) is 25.7 Å². The third-order valence-corrected chi connectivity index (χ3v) is 4.34. The van der Waals surface area contributed by atoms with Gasteiger partial charge >= 0.3 is 0 Å². The number of benzene rings is 2. The fraction of sp³-hybridized carbons (Fsp3) is 0.350. The van der Waals surface area contributed by atoms with Gasteiger partial charge in [-0.2, -0.15) is 0 Å². The van der Waals surface area contributed by atoms with E-state index in [1.807, 2.05) is 54.6 Å². The molecule has 0 radical (unpaired) electrons. The zero-order chi connectivity index (χ0) is 15.9. The molecule has 3 rings (SSSR count). The smallest absolute Gasteiger partial charge is 0.224 e. The van der Waals surface area contributed by atoms with Crippen LogP contribution in [0.25, 0.3) is 0 Å². The van der Waals surface area contributed by atoms with E-state index in [0.29, 0.717) is 18.9 Å². The summed E-state index contributed by atoms with van der Waals surface area (Å²) in [7, 11) is 0. The quantitative estimate of drug-likeness (QED) is 0.833. The molecular weight excluding hydrogens is 286 g/mol. The molecule has 3 nitrogen and oxygen atoms in total. The lowest BCUT2D eigenvalue weighted by Gasteiger charge is -2.10. The van der Waals surface area contributed by atoms with E-state index in [4.69, 9.17) is 4.74 Å². The predicted octanol–water partition coefficient (Wildman–Crippen LogP) is 4.78. The molecule has 0 aromatic heterocycles. The van der Waals surface area contributed by atoms with Crippen molar-refractivity contribution in [3.8, 4) is 5.75 Å². The molecule has 1 N–H and O–H groups in total. The number of amides is 1. The van der Waals surface area contributed by atoms with E-state index >= 15 is 0 Å².